The van der Waals surface area contributed by atoms with Crippen LogP contribution in [0.5, 0.6) is 5.75 Å². The fraction of sp³-hybridized carbons (Fsp3) is 0.190. The zero-order valence-corrected chi connectivity index (χ0v) is 17.7. The van der Waals surface area contributed by atoms with Gasteiger partial charge in [0.05, 0.1) is 22.8 Å². The molecule has 4 aromatic rings. The number of halogens is 3. The smallest absolute Gasteiger partial charge is 0.406 e. The van der Waals surface area contributed by atoms with Gasteiger partial charge in [0.2, 0.25) is 11.8 Å². The van der Waals surface area contributed by atoms with Gasteiger partial charge >= 0.3 is 6.36 Å². The zero-order valence-electron chi connectivity index (χ0n) is 16.9. The lowest BCUT2D eigenvalue weighted by Gasteiger charge is -2.11. The highest BCUT2D eigenvalue weighted by atomic mass is 32.1. The first-order chi connectivity index (χ1) is 15.7. The summed E-state index contributed by atoms with van der Waals surface area (Å²) in [5.74, 6) is -1.42. The average Bonchev–Trinajstić information content (AvgIpc) is 3.34. The van der Waals surface area contributed by atoms with E-state index < -0.39 is 24.2 Å². The number of rotatable bonds is 7. The largest absolute Gasteiger partial charge is 0.573 e. The summed E-state index contributed by atoms with van der Waals surface area (Å²) in [7, 11) is 0. The van der Waals surface area contributed by atoms with Gasteiger partial charge in [-0.2, -0.15) is 0 Å². The third-order valence-corrected chi connectivity index (χ3v) is 5.65. The normalized spacial score (nSPS) is 12.6. The maximum Gasteiger partial charge on any atom is 0.573 e. The predicted molar refractivity (Wildman–Crippen MR) is 118 cm³/mol. The van der Waals surface area contributed by atoms with Gasteiger partial charge in [-0.1, -0.05) is 29.5 Å². The summed E-state index contributed by atoms with van der Waals surface area (Å²) in [5, 5.41) is 6.13. The van der Waals surface area contributed by atoms with Gasteiger partial charge < -0.3 is 26.1 Å². The van der Waals surface area contributed by atoms with Gasteiger partial charge in [0.15, 0.2) is 5.13 Å². The van der Waals surface area contributed by atoms with E-state index >= 15 is 0 Å². The van der Waals surface area contributed by atoms with Crippen molar-refractivity contribution in [3.8, 4) is 5.75 Å². The molecule has 0 spiro atoms. The molecule has 33 heavy (non-hydrogen) atoms. The summed E-state index contributed by atoms with van der Waals surface area (Å²) in [6, 6.07) is 10.4. The molecule has 2 aromatic carbocycles. The number of thiazole rings is 1. The van der Waals surface area contributed by atoms with Gasteiger partial charge in [0.25, 0.3) is 0 Å². The van der Waals surface area contributed by atoms with Gasteiger partial charge in [0, 0.05) is 23.2 Å². The molecule has 0 aliphatic carbocycles. The van der Waals surface area contributed by atoms with Crippen LogP contribution in [0.1, 0.15) is 5.56 Å². The summed E-state index contributed by atoms with van der Waals surface area (Å²) in [4.78, 5) is 31.7. The van der Waals surface area contributed by atoms with Crippen LogP contribution in [0, 0.1) is 0 Å². The van der Waals surface area contributed by atoms with E-state index in [4.69, 9.17) is 5.73 Å². The van der Waals surface area contributed by atoms with E-state index in [-0.39, 0.29) is 23.8 Å². The number of hydrogen-bond donors (Lipinski definition) is 4. The number of carbonyl (C=O) groups excluding carboxylic acids is 2. The molecule has 0 bridgehead atoms. The highest BCUT2D eigenvalue weighted by Gasteiger charge is 2.31. The predicted octanol–water partition coefficient (Wildman–Crippen LogP) is 3.30. The maximum absolute atomic E-state index is 12.4. The van der Waals surface area contributed by atoms with Crippen LogP contribution in [0.25, 0.3) is 21.1 Å². The van der Waals surface area contributed by atoms with Gasteiger partial charge in [-0.05, 0) is 30.2 Å². The number of ether oxygens (including phenoxy) is 1. The SMILES string of the molecule is N[C@H](Cc1c[nH]c2ccccc12)C(=O)NCC(=O)Nc1nc2ccc(OC(F)(F)F)cc2s1. The van der Waals surface area contributed by atoms with Gasteiger partial charge in [-0.15, -0.1) is 13.2 Å². The van der Waals surface area contributed by atoms with Gasteiger partial charge in [0.1, 0.15) is 5.75 Å². The van der Waals surface area contributed by atoms with E-state index in [0.29, 0.717) is 10.2 Å². The van der Waals surface area contributed by atoms with E-state index in [1.807, 2.05) is 24.3 Å². The second-order valence-corrected chi connectivity index (χ2v) is 8.16. The Morgan fingerprint density at radius 3 is 2.79 bits per heavy atom. The Bertz CT molecular complexity index is 1320. The van der Waals surface area contributed by atoms with Crippen LogP contribution in [-0.4, -0.2) is 40.7 Å². The second-order valence-electron chi connectivity index (χ2n) is 7.13. The highest BCUT2D eigenvalue weighted by Crippen LogP contribution is 2.31. The Kier molecular flexibility index (Phi) is 6.20. The molecule has 2 aromatic heterocycles. The Balaban J connectivity index is 1.31. The highest BCUT2D eigenvalue weighted by molar-refractivity contribution is 7.22. The molecular formula is C21H18F3N5O3S. The Morgan fingerprint density at radius 2 is 2.00 bits per heavy atom. The molecule has 0 unspecified atom stereocenters. The minimum absolute atomic E-state index is 0.177. The number of anilines is 1. The van der Waals surface area contributed by atoms with Crippen molar-refractivity contribution in [1.29, 1.82) is 0 Å². The first kappa shape index (κ1) is 22.6. The number of nitrogens with one attached hydrogen (secondary N) is 3. The lowest BCUT2D eigenvalue weighted by atomic mass is 10.1. The van der Waals surface area contributed by atoms with Crippen molar-refractivity contribution in [3.63, 3.8) is 0 Å². The van der Waals surface area contributed by atoms with Crippen LogP contribution >= 0.6 is 11.3 Å². The lowest BCUT2D eigenvalue weighted by Crippen LogP contribution is -2.44. The molecule has 2 heterocycles. The van der Waals surface area contributed by atoms with Crippen molar-refractivity contribution in [3.05, 3.63) is 54.2 Å². The van der Waals surface area contributed by atoms with Crippen molar-refractivity contribution < 1.29 is 27.5 Å². The van der Waals surface area contributed by atoms with Crippen LogP contribution in [-0.2, 0) is 16.0 Å². The lowest BCUT2D eigenvalue weighted by molar-refractivity contribution is -0.274. The van der Waals surface area contributed by atoms with Gasteiger partial charge in [-0.3, -0.25) is 9.59 Å². The fourth-order valence-corrected chi connectivity index (χ4v) is 4.16. The summed E-state index contributed by atoms with van der Waals surface area (Å²) >= 11 is 0.979. The third kappa shape index (κ3) is 5.59. The Morgan fingerprint density at radius 1 is 1.21 bits per heavy atom. The van der Waals surface area contributed by atoms with Crippen molar-refractivity contribution in [2.75, 3.05) is 11.9 Å². The van der Waals surface area contributed by atoms with E-state index in [1.54, 1.807) is 6.20 Å². The molecule has 8 nitrogen and oxygen atoms in total. The number of benzene rings is 2. The molecule has 0 fully saturated rings. The quantitative estimate of drug-likeness (QED) is 0.325. The molecule has 172 valence electrons. The Hall–Kier alpha value is -3.64. The standard InChI is InChI=1S/C21H18F3N5O3S/c22-21(23,24)32-12-5-6-16-17(8-12)33-20(28-16)29-18(30)10-27-19(31)14(25)7-11-9-26-15-4-2-1-3-13(11)15/h1-6,8-9,14,26H,7,10,25H2,(H,27,31)(H,28,29,30)/t14-/m1/s1. The topological polar surface area (TPSA) is 122 Å². The molecule has 0 aliphatic rings. The van der Waals surface area contributed by atoms with E-state index in [2.05, 4.69) is 25.3 Å². The molecule has 4 rings (SSSR count). The van der Waals surface area contributed by atoms with Crippen molar-refractivity contribution in [1.82, 2.24) is 15.3 Å². The molecule has 0 radical (unpaired) electrons. The zero-order chi connectivity index (χ0) is 23.6. The summed E-state index contributed by atoms with van der Waals surface area (Å²) in [5.41, 5.74) is 8.21. The monoisotopic (exact) mass is 477 g/mol. The first-order valence-corrected chi connectivity index (χ1v) is 10.5. The molecule has 2 amide bonds. The van der Waals surface area contributed by atoms with Gasteiger partial charge in [-0.25, -0.2) is 4.98 Å². The van der Waals surface area contributed by atoms with Crippen LogP contribution in [0.4, 0.5) is 18.3 Å². The number of aromatic amines is 1. The number of amides is 2. The Labute approximate surface area is 188 Å². The number of H-pyrrole nitrogens is 1. The van der Waals surface area contributed by atoms with Crippen LogP contribution in [0.3, 0.4) is 0 Å². The molecule has 5 N–H and O–H groups in total. The number of hydrogen-bond acceptors (Lipinski definition) is 6. The average molecular weight is 477 g/mol. The maximum atomic E-state index is 12.4. The second kappa shape index (κ2) is 9.08. The summed E-state index contributed by atoms with van der Waals surface area (Å²) in [6.45, 7) is -0.335. The minimum atomic E-state index is -4.80. The number of alkyl halides is 3. The van der Waals surface area contributed by atoms with E-state index in [1.165, 1.54) is 12.1 Å². The minimum Gasteiger partial charge on any atom is -0.406 e. The van der Waals surface area contributed by atoms with Crippen LogP contribution < -0.4 is 21.1 Å². The molecule has 0 saturated heterocycles. The molecule has 0 aliphatic heterocycles. The first-order valence-electron chi connectivity index (χ1n) is 9.72. The fourth-order valence-electron chi connectivity index (χ4n) is 3.25. The molecule has 12 heteroatoms. The molecule has 1 atom stereocenters. The third-order valence-electron chi connectivity index (χ3n) is 4.71. The number of carbonyl (C=O) groups is 2. The number of nitrogens with zero attached hydrogens (tertiary/aromatic N) is 1. The number of nitrogens with two attached hydrogens (primary N) is 1. The molecular weight excluding hydrogens is 459 g/mol. The van der Waals surface area contributed by atoms with Crippen molar-refractivity contribution >= 4 is 49.4 Å². The molecule has 0 saturated carbocycles. The number of aromatic nitrogens is 2. The van der Waals surface area contributed by atoms with E-state index in [0.717, 1.165) is 33.9 Å². The number of para-hydroxylation sites is 1. The van der Waals surface area contributed by atoms with Crippen molar-refractivity contribution in [2.24, 2.45) is 5.73 Å². The summed E-state index contributed by atoms with van der Waals surface area (Å²) in [6.07, 6.45) is -2.72. The van der Waals surface area contributed by atoms with Crippen molar-refractivity contribution in [2.45, 2.75) is 18.8 Å². The summed E-state index contributed by atoms with van der Waals surface area (Å²) < 4.78 is 41.4. The van der Waals surface area contributed by atoms with Crippen LogP contribution in [0.15, 0.2) is 48.7 Å². The number of fused-ring (bicyclic) bond motifs is 2. The van der Waals surface area contributed by atoms with Crippen LogP contribution in [0.2, 0.25) is 0 Å². The van der Waals surface area contributed by atoms with E-state index in [9.17, 15) is 22.8 Å².